The molecule has 2 aromatic carbocycles. The summed E-state index contributed by atoms with van der Waals surface area (Å²) >= 11 is 0. The number of hydrogen-bond donors (Lipinski definition) is 3. The van der Waals surface area contributed by atoms with E-state index in [2.05, 4.69) is 25.8 Å². The van der Waals surface area contributed by atoms with Crippen LogP contribution in [0.1, 0.15) is 24.3 Å². The highest BCUT2D eigenvalue weighted by Gasteiger charge is 2.27. The first-order chi connectivity index (χ1) is 19.1. The number of rotatable bonds is 8. The Morgan fingerprint density at radius 1 is 1.03 bits per heavy atom. The number of carbonyl (C=O) groups excluding carboxylic acids is 2. The van der Waals surface area contributed by atoms with Gasteiger partial charge in [-0.2, -0.15) is 5.10 Å². The van der Waals surface area contributed by atoms with Crippen molar-refractivity contribution in [3.8, 4) is 17.1 Å². The summed E-state index contributed by atoms with van der Waals surface area (Å²) in [6.07, 6.45) is 1.66. The standard InChI is InChI=1S/C27H29N7O5/c1-3-38-23-22(26(35)39-4-2)31-24(32-25(23)34-12-14-37-15-13-34)17-8-10-18(11-9-17)29-27(36)30-20-6-5-7-21-19(20)16-28-33-21/h5-11,16H,3-4,12-15H2,1-2H3,(H,28,33)(H2,29,30,36). The van der Waals surface area contributed by atoms with Crippen molar-refractivity contribution in [2.24, 2.45) is 0 Å². The number of esters is 1. The summed E-state index contributed by atoms with van der Waals surface area (Å²) in [7, 11) is 0. The van der Waals surface area contributed by atoms with Gasteiger partial charge in [0.1, 0.15) is 0 Å². The van der Waals surface area contributed by atoms with Crippen molar-refractivity contribution in [3.05, 3.63) is 54.4 Å². The number of anilines is 3. The highest BCUT2D eigenvalue weighted by atomic mass is 16.5. The SMILES string of the molecule is CCOC(=O)c1nc(-c2ccc(NC(=O)Nc3cccc4[nH]ncc34)cc2)nc(N2CCOCC2)c1OCC. The number of hydrogen-bond acceptors (Lipinski definition) is 9. The zero-order valence-corrected chi connectivity index (χ0v) is 21.7. The van der Waals surface area contributed by atoms with E-state index in [1.165, 1.54) is 0 Å². The Balaban J connectivity index is 1.40. The van der Waals surface area contributed by atoms with Crippen LogP contribution in [0.5, 0.6) is 5.75 Å². The molecule has 0 aliphatic carbocycles. The van der Waals surface area contributed by atoms with Crippen LogP contribution < -0.4 is 20.3 Å². The number of carbonyl (C=O) groups is 2. The number of aromatic nitrogens is 4. The van der Waals surface area contributed by atoms with Crippen LogP contribution in [-0.2, 0) is 9.47 Å². The predicted molar refractivity (Wildman–Crippen MR) is 146 cm³/mol. The summed E-state index contributed by atoms with van der Waals surface area (Å²) in [6.45, 7) is 6.39. The molecule has 0 spiro atoms. The van der Waals surface area contributed by atoms with Crippen LogP contribution in [0.2, 0.25) is 0 Å². The van der Waals surface area contributed by atoms with Gasteiger partial charge in [0.2, 0.25) is 0 Å². The molecule has 3 heterocycles. The van der Waals surface area contributed by atoms with Crippen molar-refractivity contribution in [2.75, 3.05) is 55.1 Å². The van der Waals surface area contributed by atoms with Gasteiger partial charge >= 0.3 is 12.0 Å². The zero-order valence-electron chi connectivity index (χ0n) is 21.7. The van der Waals surface area contributed by atoms with Gasteiger partial charge in [-0.1, -0.05) is 6.07 Å². The Labute approximate surface area is 224 Å². The third kappa shape index (κ3) is 5.75. The summed E-state index contributed by atoms with van der Waals surface area (Å²) in [5.74, 6) is 0.569. The molecule has 0 saturated carbocycles. The van der Waals surface area contributed by atoms with Crippen LogP contribution in [0.25, 0.3) is 22.3 Å². The van der Waals surface area contributed by atoms with E-state index in [-0.39, 0.29) is 12.3 Å². The van der Waals surface area contributed by atoms with Crippen molar-refractivity contribution in [1.82, 2.24) is 20.2 Å². The first-order valence-corrected chi connectivity index (χ1v) is 12.7. The minimum absolute atomic E-state index is 0.0696. The fraction of sp³-hybridized carbons (Fsp3) is 0.296. The maximum Gasteiger partial charge on any atom is 0.361 e. The van der Waals surface area contributed by atoms with Gasteiger partial charge in [-0.25, -0.2) is 19.6 Å². The number of ether oxygens (including phenoxy) is 3. The number of nitrogens with zero attached hydrogens (tertiary/aromatic N) is 4. The largest absolute Gasteiger partial charge is 0.488 e. The van der Waals surface area contributed by atoms with E-state index >= 15 is 0 Å². The Kier molecular flexibility index (Phi) is 7.83. The molecule has 1 aliphatic rings. The molecule has 202 valence electrons. The molecule has 1 saturated heterocycles. The van der Waals surface area contributed by atoms with E-state index in [9.17, 15) is 9.59 Å². The fourth-order valence-corrected chi connectivity index (χ4v) is 4.24. The van der Waals surface area contributed by atoms with Gasteiger partial charge in [-0.3, -0.25) is 5.10 Å². The predicted octanol–water partition coefficient (Wildman–Crippen LogP) is 4.08. The second-order valence-corrected chi connectivity index (χ2v) is 8.59. The smallest absolute Gasteiger partial charge is 0.361 e. The molecular weight excluding hydrogens is 502 g/mol. The maximum absolute atomic E-state index is 12.9. The lowest BCUT2D eigenvalue weighted by molar-refractivity contribution is 0.0514. The van der Waals surface area contributed by atoms with Gasteiger partial charge in [0.25, 0.3) is 0 Å². The summed E-state index contributed by atoms with van der Waals surface area (Å²) < 4.78 is 16.6. The van der Waals surface area contributed by atoms with Gasteiger partial charge in [-0.15, -0.1) is 0 Å². The monoisotopic (exact) mass is 531 g/mol. The Bertz CT molecular complexity index is 1470. The number of urea groups is 1. The Morgan fingerprint density at radius 2 is 1.82 bits per heavy atom. The van der Waals surface area contributed by atoms with Gasteiger partial charge in [-0.05, 0) is 50.2 Å². The van der Waals surface area contributed by atoms with Gasteiger partial charge in [0, 0.05) is 29.7 Å². The third-order valence-corrected chi connectivity index (χ3v) is 6.05. The summed E-state index contributed by atoms with van der Waals surface area (Å²) in [4.78, 5) is 36.8. The quantitative estimate of drug-likeness (QED) is 0.287. The third-order valence-electron chi connectivity index (χ3n) is 6.05. The number of morpholine rings is 1. The van der Waals surface area contributed by atoms with Crippen LogP contribution in [0, 0.1) is 0 Å². The average Bonchev–Trinajstić information content (AvgIpc) is 3.44. The second-order valence-electron chi connectivity index (χ2n) is 8.59. The van der Waals surface area contributed by atoms with Crippen LogP contribution in [0.4, 0.5) is 22.0 Å². The van der Waals surface area contributed by atoms with Crippen molar-refractivity contribution >= 4 is 40.1 Å². The van der Waals surface area contributed by atoms with Crippen LogP contribution in [0.15, 0.2) is 48.7 Å². The van der Waals surface area contributed by atoms with Crippen molar-refractivity contribution in [2.45, 2.75) is 13.8 Å². The maximum atomic E-state index is 12.9. The van der Waals surface area contributed by atoms with E-state index in [4.69, 9.17) is 19.2 Å². The molecule has 0 atom stereocenters. The van der Waals surface area contributed by atoms with Gasteiger partial charge in [0.05, 0.1) is 43.8 Å². The minimum atomic E-state index is -0.582. The highest BCUT2D eigenvalue weighted by molar-refractivity contribution is 6.05. The number of H-pyrrole nitrogens is 1. The molecule has 12 heteroatoms. The molecule has 2 amide bonds. The molecular formula is C27H29N7O5. The Morgan fingerprint density at radius 3 is 2.56 bits per heavy atom. The summed E-state index contributed by atoms with van der Waals surface area (Å²) in [5, 5.41) is 13.4. The van der Waals surface area contributed by atoms with Crippen molar-refractivity contribution < 1.29 is 23.8 Å². The molecule has 0 radical (unpaired) electrons. The molecule has 1 fully saturated rings. The summed E-state index contributed by atoms with van der Waals surface area (Å²) in [5.41, 5.74) is 2.76. The van der Waals surface area contributed by atoms with Crippen molar-refractivity contribution in [1.29, 1.82) is 0 Å². The van der Waals surface area contributed by atoms with E-state index < -0.39 is 12.0 Å². The van der Waals surface area contributed by atoms with E-state index in [0.717, 1.165) is 10.9 Å². The fourth-order valence-electron chi connectivity index (χ4n) is 4.24. The number of nitrogens with one attached hydrogen (secondary N) is 3. The van der Waals surface area contributed by atoms with Crippen LogP contribution >= 0.6 is 0 Å². The topological polar surface area (TPSA) is 144 Å². The van der Waals surface area contributed by atoms with Gasteiger partial charge in [0.15, 0.2) is 23.1 Å². The normalized spacial score (nSPS) is 13.2. The molecule has 12 nitrogen and oxygen atoms in total. The van der Waals surface area contributed by atoms with Gasteiger partial charge < -0.3 is 29.7 Å². The number of amides is 2. The molecule has 1 aliphatic heterocycles. The lowest BCUT2D eigenvalue weighted by atomic mass is 10.1. The van der Waals surface area contributed by atoms with Crippen molar-refractivity contribution in [3.63, 3.8) is 0 Å². The molecule has 4 aromatic rings. The average molecular weight is 532 g/mol. The molecule has 2 aromatic heterocycles. The lowest BCUT2D eigenvalue weighted by Crippen LogP contribution is -2.37. The Hall–Kier alpha value is -4.71. The number of benzene rings is 2. The minimum Gasteiger partial charge on any atom is -0.488 e. The summed E-state index contributed by atoms with van der Waals surface area (Å²) in [6, 6.07) is 12.2. The van der Waals surface area contributed by atoms with Crippen LogP contribution in [-0.4, -0.2) is 71.7 Å². The highest BCUT2D eigenvalue weighted by Crippen LogP contribution is 2.33. The molecule has 39 heavy (non-hydrogen) atoms. The molecule has 0 bridgehead atoms. The lowest BCUT2D eigenvalue weighted by Gasteiger charge is -2.29. The van der Waals surface area contributed by atoms with E-state index in [0.29, 0.717) is 67.2 Å². The van der Waals surface area contributed by atoms with E-state index in [1.54, 1.807) is 43.5 Å². The van der Waals surface area contributed by atoms with E-state index in [1.807, 2.05) is 24.0 Å². The first-order valence-electron chi connectivity index (χ1n) is 12.7. The first kappa shape index (κ1) is 25.9. The second kappa shape index (κ2) is 11.8. The molecule has 0 unspecified atom stereocenters. The molecule has 5 rings (SSSR count). The zero-order chi connectivity index (χ0) is 27.2. The number of aromatic amines is 1. The molecule has 3 N–H and O–H groups in total. The van der Waals surface area contributed by atoms with Crippen LogP contribution in [0.3, 0.4) is 0 Å². The number of fused-ring (bicyclic) bond motifs is 1.